The van der Waals surface area contributed by atoms with Gasteiger partial charge in [0.15, 0.2) is 24.8 Å². The van der Waals surface area contributed by atoms with Crippen LogP contribution in [0, 0.1) is 0 Å². The standard InChI is InChI=1S/C36H44N4/c1-37(2)35-17-13-31(14-18-35)9-11-33-21-27-39(28-22-33)25-7-5-6-8-26-40-29-23-34(24-30-40)12-10-32-15-19-36(20-16-32)38(3)4/h9-24,27-30H,5-8,25-26H2,1-4H3/q+2. The van der Waals surface area contributed by atoms with Gasteiger partial charge in [0.1, 0.15) is 13.1 Å². The second-order valence-electron chi connectivity index (χ2n) is 10.8. The summed E-state index contributed by atoms with van der Waals surface area (Å²) in [5, 5.41) is 0. The van der Waals surface area contributed by atoms with Crippen LogP contribution in [0.4, 0.5) is 11.4 Å². The molecule has 0 aliphatic heterocycles. The minimum atomic E-state index is 1.07. The quantitative estimate of drug-likeness (QED) is 0.136. The second kappa shape index (κ2) is 14.8. The first kappa shape index (κ1) is 28.8. The highest BCUT2D eigenvalue weighted by atomic mass is 15.1. The van der Waals surface area contributed by atoms with E-state index < -0.39 is 0 Å². The number of aryl methyl sites for hydroxylation is 2. The predicted octanol–water partition coefficient (Wildman–Crippen LogP) is 7.00. The Hall–Kier alpha value is -4.18. The summed E-state index contributed by atoms with van der Waals surface area (Å²) in [4.78, 5) is 4.24. The summed E-state index contributed by atoms with van der Waals surface area (Å²) in [6, 6.07) is 26.0. The van der Waals surface area contributed by atoms with Gasteiger partial charge in [-0.15, -0.1) is 0 Å². The van der Waals surface area contributed by atoms with Gasteiger partial charge in [0, 0.05) is 76.7 Å². The summed E-state index contributed by atoms with van der Waals surface area (Å²) in [5.74, 6) is 0. The topological polar surface area (TPSA) is 14.2 Å². The summed E-state index contributed by atoms with van der Waals surface area (Å²) in [6.07, 6.45) is 22.4. The first-order valence-corrected chi connectivity index (χ1v) is 14.4. The van der Waals surface area contributed by atoms with Crippen LogP contribution in [0.3, 0.4) is 0 Å². The number of anilines is 2. The maximum absolute atomic E-state index is 2.29. The fourth-order valence-electron chi connectivity index (χ4n) is 4.55. The van der Waals surface area contributed by atoms with Gasteiger partial charge >= 0.3 is 0 Å². The average molecular weight is 533 g/mol. The third kappa shape index (κ3) is 9.23. The fourth-order valence-corrected chi connectivity index (χ4v) is 4.55. The van der Waals surface area contributed by atoms with Gasteiger partial charge in [-0.05, 0) is 59.4 Å². The molecule has 2 aromatic carbocycles. The lowest BCUT2D eigenvalue weighted by atomic mass is 10.1. The Labute approximate surface area is 241 Å². The van der Waals surface area contributed by atoms with Crippen molar-refractivity contribution in [2.24, 2.45) is 0 Å². The first-order valence-electron chi connectivity index (χ1n) is 14.4. The van der Waals surface area contributed by atoms with Gasteiger partial charge in [0.2, 0.25) is 0 Å². The van der Waals surface area contributed by atoms with Crippen LogP contribution in [-0.4, -0.2) is 28.2 Å². The lowest BCUT2D eigenvalue weighted by Crippen LogP contribution is -2.33. The molecule has 0 saturated heterocycles. The largest absolute Gasteiger partial charge is 0.378 e. The molecular formula is C36H44N4+2. The maximum atomic E-state index is 2.29. The second-order valence-corrected chi connectivity index (χ2v) is 10.8. The molecule has 0 atom stereocenters. The van der Waals surface area contributed by atoms with Crippen molar-refractivity contribution in [2.75, 3.05) is 38.0 Å². The highest BCUT2D eigenvalue weighted by Crippen LogP contribution is 2.15. The molecular weight excluding hydrogens is 488 g/mol. The first-order chi connectivity index (χ1) is 19.5. The van der Waals surface area contributed by atoms with Crippen LogP contribution < -0.4 is 18.9 Å². The lowest BCUT2D eigenvalue weighted by Gasteiger charge is -2.11. The van der Waals surface area contributed by atoms with Crippen molar-refractivity contribution in [3.05, 3.63) is 120 Å². The van der Waals surface area contributed by atoms with E-state index in [1.165, 1.54) is 59.3 Å². The van der Waals surface area contributed by atoms with Crippen LogP contribution in [-0.2, 0) is 13.1 Å². The molecule has 0 aliphatic carbocycles. The zero-order chi connectivity index (χ0) is 28.2. The van der Waals surface area contributed by atoms with Crippen molar-refractivity contribution in [3.63, 3.8) is 0 Å². The van der Waals surface area contributed by atoms with Crippen molar-refractivity contribution >= 4 is 35.7 Å². The molecule has 0 unspecified atom stereocenters. The maximum Gasteiger partial charge on any atom is 0.169 e. The van der Waals surface area contributed by atoms with E-state index in [-0.39, 0.29) is 0 Å². The van der Waals surface area contributed by atoms with Gasteiger partial charge in [-0.25, -0.2) is 9.13 Å². The minimum absolute atomic E-state index is 1.07. The number of hydrogen-bond acceptors (Lipinski definition) is 2. The van der Waals surface area contributed by atoms with Gasteiger partial charge in [-0.3, -0.25) is 0 Å². The van der Waals surface area contributed by atoms with E-state index in [9.17, 15) is 0 Å². The molecule has 0 N–H and O–H groups in total. The normalized spacial score (nSPS) is 11.4. The van der Waals surface area contributed by atoms with Crippen molar-refractivity contribution in [3.8, 4) is 0 Å². The number of aromatic nitrogens is 2. The smallest absolute Gasteiger partial charge is 0.169 e. The summed E-state index contributed by atoms with van der Waals surface area (Å²) in [7, 11) is 8.26. The average Bonchev–Trinajstić information content (AvgIpc) is 2.98. The molecule has 206 valence electrons. The monoisotopic (exact) mass is 532 g/mol. The molecule has 0 spiro atoms. The van der Waals surface area contributed by atoms with Gasteiger partial charge in [-0.2, -0.15) is 0 Å². The number of nitrogens with zero attached hydrogens (tertiary/aromatic N) is 4. The molecule has 40 heavy (non-hydrogen) atoms. The lowest BCUT2D eigenvalue weighted by molar-refractivity contribution is -0.698. The van der Waals surface area contributed by atoms with Gasteiger partial charge < -0.3 is 9.80 Å². The number of hydrogen-bond donors (Lipinski definition) is 0. The molecule has 4 rings (SSSR count). The number of rotatable bonds is 13. The number of benzene rings is 2. The highest BCUT2D eigenvalue weighted by molar-refractivity contribution is 5.71. The van der Waals surface area contributed by atoms with Crippen LogP contribution in [0.25, 0.3) is 24.3 Å². The molecule has 0 aliphatic rings. The van der Waals surface area contributed by atoms with Crippen LogP contribution >= 0.6 is 0 Å². The predicted molar refractivity (Wildman–Crippen MR) is 171 cm³/mol. The molecule has 0 saturated carbocycles. The zero-order valence-corrected chi connectivity index (χ0v) is 24.6. The van der Waals surface area contributed by atoms with Crippen LogP contribution in [0.1, 0.15) is 47.9 Å². The Morgan fingerprint density at radius 1 is 0.425 bits per heavy atom. The Morgan fingerprint density at radius 2 is 0.725 bits per heavy atom. The summed E-state index contributed by atoms with van der Waals surface area (Å²) >= 11 is 0. The Balaban J connectivity index is 1.12. The van der Waals surface area contributed by atoms with E-state index >= 15 is 0 Å². The zero-order valence-electron chi connectivity index (χ0n) is 24.6. The van der Waals surface area contributed by atoms with E-state index in [0.717, 1.165) is 13.1 Å². The van der Waals surface area contributed by atoms with Crippen molar-refractivity contribution in [1.82, 2.24) is 0 Å². The van der Waals surface area contributed by atoms with Crippen molar-refractivity contribution in [2.45, 2.75) is 38.8 Å². The molecule has 0 amide bonds. The fraction of sp³-hybridized carbons (Fsp3) is 0.278. The molecule has 2 aromatic heterocycles. The Kier molecular flexibility index (Phi) is 10.7. The third-order valence-electron chi connectivity index (χ3n) is 7.17. The van der Waals surface area contributed by atoms with E-state index in [2.05, 4.69) is 169 Å². The van der Waals surface area contributed by atoms with Crippen LogP contribution in [0.5, 0.6) is 0 Å². The van der Waals surface area contributed by atoms with Gasteiger partial charge in [0.05, 0.1) is 0 Å². The summed E-state index contributed by atoms with van der Waals surface area (Å²) in [6.45, 7) is 2.14. The van der Waals surface area contributed by atoms with Crippen molar-refractivity contribution < 1.29 is 9.13 Å². The molecule has 4 aromatic rings. The molecule has 4 nitrogen and oxygen atoms in total. The Morgan fingerprint density at radius 3 is 1.02 bits per heavy atom. The van der Waals surface area contributed by atoms with Crippen LogP contribution in [0.15, 0.2) is 97.6 Å². The summed E-state index contributed by atoms with van der Waals surface area (Å²) < 4.78 is 4.58. The molecule has 0 fully saturated rings. The van der Waals surface area contributed by atoms with E-state index in [4.69, 9.17) is 0 Å². The van der Waals surface area contributed by atoms with E-state index in [1.54, 1.807) is 0 Å². The SMILES string of the molecule is CN(C)c1ccc(C=Cc2cc[n+](CCCCCC[n+]3ccc(C=Cc4ccc(N(C)C)cc4)cc3)cc2)cc1. The number of unbranched alkanes of at least 4 members (excludes halogenated alkanes) is 3. The minimum Gasteiger partial charge on any atom is -0.378 e. The molecule has 2 heterocycles. The van der Waals surface area contributed by atoms with E-state index in [1.807, 2.05) is 0 Å². The number of pyridine rings is 2. The molecule has 4 heteroatoms. The van der Waals surface area contributed by atoms with Gasteiger partial charge in [0.25, 0.3) is 0 Å². The summed E-state index contributed by atoms with van der Waals surface area (Å²) in [5.41, 5.74) is 7.33. The highest BCUT2D eigenvalue weighted by Gasteiger charge is 2.03. The Bertz CT molecular complexity index is 1240. The molecule has 0 bridgehead atoms. The third-order valence-corrected chi connectivity index (χ3v) is 7.17. The van der Waals surface area contributed by atoms with E-state index in [0.29, 0.717) is 0 Å². The molecule has 0 radical (unpaired) electrons. The van der Waals surface area contributed by atoms with Crippen LogP contribution in [0.2, 0.25) is 0 Å². The van der Waals surface area contributed by atoms with Gasteiger partial charge in [-0.1, -0.05) is 48.6 Å². The van der Waals surface area contributed by atoms with Crippen molar-refractivity contribution in [1.29, 1.82) is 0 Å².